The van der Waals surface area contributed by atoms with Gasteiger partial charge in [-0.25, -0.2) is 0 Å². The van der Waals surface area contributed by atoms with E-state index in [0.717, 1.165) is 31.9 Å². The number of hydrogen-bond acceptors (Lipinski definition) is 2. The number of fused-ring (bicyclic) bond motifs is 1. The van der Waals surface area contributed by atoms with Gasteiger partial charge in [0.1, 0.15) is 5.75 Å². The third-order valence-corrected chi connectivity index (χ3v) is 4.96. The maximum atomic E-state index is 6.13. The average molecular weight is 273 g/mol. The van der Waals surface area contributed by atoms with Crippen LogP contribution in [0.2, 0.25) is 0 Å². The number of hydrogen-bond donors (Lipinski definition) is 1. The minimum absolute atomic E-state index is 0.348. The Morgan fingerprint density at radius 1 is 1.15 bits per heavy atom. The molecule has 1 aliphatic carbocycles. The Bertz CT molecular complexity index is 494. The van der Waals surface area contributed by atoms with Gasteiger partial charge in [0.2, 0.25) is 0 Å². The first kappa shape index (κ1) is 13.9. The molecule has 1 aromatic rings. The lowest BCUT2D eigenvalue weighted by Crippen LogP contribution is -2.25. The highest BCUT2D eigenvalue weighted by Gasteiger charge is 2.40. The van der Waals surface area contributed by atoms with E-state index in [4.69, 9.17) is 4.74 Å². The molecule has 1 saturated carbocycles. The summed E-state index contributed by atoms with van der Waals surface area (Å²) in [5.74, 6) is 1.05. The Balaban J connectivity index is 1.64. The van der Waals surface area contributed by atoms with Crippen LogP contribution in [0, 0.1) is 10.8 Å². The predicted octanol–water partition coefficient (Wildman–Crippen LogP) is 3.93. The van der Waals surface area contributed by atoms with Crippen LogP contribution in [0.25, 0.3) is 0 Å². The highest BCUT2D eigenvalue weighted by Crippen LogP contribution is 2.48. The molecule has 3 rings (SSSR count). The molecule has 0 spiro atoms. The molecule has 0 bridgehead atoms. The Labute approximate surface area is 122 Å². The molecule has 20 heavy (non-hydrogen) atoms. The smallest absolute Gasteiger partial charge is 0.119 e. The zero-order chi connectivity index (χ0) is 14.2. The van der Waals surface area contributed by atoms with Crippen molar-refractivity contribution in [1.82, 2.24) is 5.32 Å². The molecule has 1 aromatic carbocycles. The summed E-state index contributed by atoms with van der Waals surface area (Å²) in [6.45, 7) is 10.1. The number of rotatable bonds is 3. The zero-order valence-electron chi connectivity index (χ0n) is 13.1. The summed E-state index contributed by atoms with van der Waals surface area (Å²) >= 11 is 0. The number of nitrogens with one attached hydrogen (secondary N) is 1. The highest BCUT2D eigenvalue weighted by molar-refractivity contribution is 5.37. The summed E-state index contributed by atoms with van der Waals surface area (Å²) in [5, 5.41) is 3.41. The van der Waals surface area contributed by atoms with Crippen LogP contribution in [0.15, 0.2) is 18.2 Å². The summed E-state index contributed by atoms with van der Waals surface area (Å²) in [7, 11) is 0. The standard InChI is InChI=1S/C18H27NO/c1-17(2)7-8-18(3,12-17)13-20-16-5-4-15-11-19-9-6-14(15)10-16/h4-5,10,19H,6-9,11-13H2,1-3H3. The van der Waals surface area contributed by atoms with Crippen LogP contribution in [0.5, 0.6) is 5.75 Å². The third-order valence-electron chi connectivity index (χ3n) is 4.96. The largest absolute Gasteiger partial charge is 0.493 e. The van der Waals surface area contributed by atoms with Crippen molar-refractivity contribution in [3.05, 3.63) is 29.3 Å². The summed E-state index contributed by atoms with van der Waals surface area (Å²) < 4.78 is 6.13. The normalized spacial score (nSPS) is 28.1. The lowest BCUT2D eigenvalue weighted by Gasteiger charge is -2.27. The second-order valence-electron chi connectivity index (χ2n) is 7.80. The second kappa shape index (κ2) is 5.07. The fourth-order valence-corrected chi connectivity index (χ4v) is 3.90. The fourth-order valence-electron chi connectivity index (χ4n) is 3.90. The van der Waals surface area contributed by atoms with E-state index in [1.54, 1.807) is 0 Å². The third kappa shape index (κ3) is 3.01. The van der Waals surface area contributed by atoms with Crippen LogP contribution in [-0.4, -0.2) is 13.2 Å². The molecule has 2 nitrogen and oxygen atoms in total. The summed E-state index contributed by atoms with van der Waals surface area (Å²) in [4.78, 5) is 0. The van der Waals surface area contributed by atoms with Crippen LogP contribution in [-0.2, 0) is 13.0 Å². The van der Waals surface area contributed by atoms with Crippen LogP contribution < -0.4 is 10.1 Å². The van der Waals surface area contributed by atoms with Gasteiger partial charge in [-0.05, 0) is 60.9 Å². The molecule has 1 fully saturated rings. The maximum absolute atomic E-state index is 6.13. The molecule has 0 saturated heterocycles. The van der Waals surface area contributed by atoms with Crippen LogP contribution >= 0.6 is 0 Å². The van der Waals surface area contributed by atoms with Crippen molar-refractivity contribution < 1.29 is 4.74 Å². The maximum Gasteiger partial charge on any atom is 0.119 e. The zero-order valence-corrected chi connectivity index (χ0v) is 13.1. The van der Waals surface area contributed by atoms with E-state index in [1.807, 2.05) is 0 Å². The van der Waals surface area contributed by atoms with Gasteiger partial charge in [-0.15, -0.1) is 0 Å². The van der Waals surface area contributed by atoms with Crippen molar-refractivity contribution >= 4 is 0 Å². The molecule has 2 aliphatic rings. The molecule has 1 unspecified atom stereocenters. The summed E-state index contributed by atoms with van der Waals surface area (Å²) in [5.41, 5.74) is 3.72. The van der Waals surface area contributed by atoms with Crippen molar-refractivity contribution in [2.75, 3.05) is 13.2 Å². The molecular formula is C18H27NO. The first-order chi connectivity index (χ1) is 9.46. The van der Waals surface area contributed by atoms with Crippen LogP contribution in [0.4, 0.5) is 0 Å². The van der Waals surface area contributed by atoms with Crippen molar-refractivity contribution in [3.63, 3.8) is 0 Å². The molecule has 0 amide bonds. The molecule has 2 heteroatoms. The molecule has 0 aromatic heterocycles. The highest BCUT2D eigenvalue weighted by atomic mass is 16.5. The van der Waals surface area contributed by atoms with Crippen molar-refractivity contribution in [3.8, 4) is 5.75 Å². The summed E-state index contributed by atoms with van der Waals surface area (Å²) in [6, 6.07) is 6.60. The lowest BCUT2D eigenvalue weighted by atomic mass is 9.84. The Morgan fingerprint density at radius 3 is 2.75 bits per heavy atom. The van der Waals surface area contributed by atoms with Crippen LogP contribution in [0.3, 0.4) is 0 Å². The van der Waals surface area contributed by atoms with Crippen molar-refractivity contribution in [1.29, 1.82) is 0 Å². The minimum atomic E-state index is 0.348. The van der Waals surface area contributed by atoms with E-state index in [0.29, 0.717) is 10.8 Å². The Hall–Kier alpha value is -1.02. The molecule has 0 radical (unpaired) electrons. The van der Waals surface area contributed by atoms with E-state index in [1.165, 1.54) is 30.4 Å². The Kier molecular flexibility index (Phi) is 3.53. The van der Waals surface area contributed by atoms with Gasteiger partial charge in [0.05, 0.1) is 6.61 Å². The quantitative estimate of drug-likeness (QED) is 0.901. The van der Waals surface area contributed by atoms with Crippen molar-refractivity contribution in [2.45, 2.75) is 53.0 Å². The van der Waals surface area contributed by atoms with Gasteiger partial charge in [-0.1, -0.05) is 26.8 Å². The molecule has 1 N–H and O–H groups in total. The minimum Gasteiger partial charge on any atom is -0.493 e. The van der Waals surface area contributed by atoms with Gasteiger partial charge in [0.15, 0.2) is 0 Å². The molecule has 1 heterocycles. The van der Waals surface area contributed by atoms with E-state index < -0.39 is 0 Å². The molecule has 1 atom stereocenters. The topological polar surface area (TPSA) is 21.3 Å². The number of ether oxygens (including phenoxy) is 1. The summed E-state index contributed by atoms with van der Waals surface area (Å²) in [6.07, 6.45) is 5.00. The molecule has 1 aliphatic heterocycles. The van der Waals surface area contributed by atoms with Crippen LogP contribution in [0.1, 0.15) is 51.2 Å². The average Bonchev–Trinajstić information content (AvgIpc) is 2.71. The van der Waals surface area contributed by atoms with E-state index in [9.17, 15) is 0 Å². The van der Waals surface area contributed by atoms with Gasteiger partial charge in [-0.2, -0.15) is 0 Å². The van der Waals surface area contributed by atoms with Crippen molar-refractivity contribution in [2.24, 2.45) is 10.8 Å². The first-order valence-corrected chi connectivity index (χ1v) is 7.91. The van der Waals surface area contributed by atoms with Gasteiger partial charge >= 0.3 is 0 Å². The first-order valence-electron chi connectivity index (χ1n) is 7.91. The van der Waals surface area contributed by atoms with Gasteiger partial charge in [-0.3, -0.25) is 0 Å². The van der Waals surface area contributed by atoms with Gasteiger partial charge in [0, 0.05) is 12.0 Å². The van der Waals surface area contributed by atoms with E-state index in [-0.39, 0.29) is 0 Å². The Morgan fingerprint density at radius 2 is 2.00 bits per heavy atom. The molecule has 110 valence electrons. The second-order valence-corrected chi connectivity index (χ2v) is 7.80. The number of benzene rings is 1. The SMILES string of the molecule is CC1(C)CCC(C)(COc2ccc3c(c2)CCNC3)C1. The van der Waals surface area contributed by atoms with E-state index in [2.05, 4.69) is 44.3 Å². The lowest BCUT2D eigenvalue weighted by molar-refractivity contribution is 0.154. The fraction of sp³-hybridized carbons (Fsp3) is 0.667. The van der Waals surface area contributed by atoms with E-state index >= 15 is 0 Å². The molecular weight excluding hydrogens is 246 g/mol. The van der Waals surface area contributed by atoms with Gasteiger partial charge in [0.25, 0.3) is 0 Å². The monoisotopic (exact) mass is 273 g/mol. The predicted molar refractivity (Wildman–Crippen MR) is 83.1 cm³/mol. The van der Waals surface area contributed by atoms with Gasteiger partial charge < -0.3 is 10.1 Å².